The number of nitrogens with one attached hydrogen (secondary N) is 2. The molecule has 6 heteroatoms. The molecule has 3 aromatic carbocycles. The number of aryl methyl sites for hydroxylation is 1. The maximum absolute atomic E-state index is 12.5. The summed E-state index contributed by atoms with van der Waals surface area (Å²) in [6, 6.07) is 22.7. The number of amides is 3. The Hall–Kier alpha value is -3.80. The minimum absolute atomic E-state index is 0.208. The number of rotatable bonds is 7. The first-order valence-corrected chi connectivity index (χ1v) is 10.8. The summed E-state index contributed by atoms with van der Waals surface area (Å²) in [4.78, 5) is 26.3. The first kappa shape index (κ1) is 21.4. The van der Waals surface area contributed by atoms with Crippen LogP contribution in [0.4, 0.5) is 10.5 Å². The summed E-state index contributed by atoms with van der Waals surface area (Å²) in [6.07, 6.45) is 1.56. The molecule has 3 amide bonds. The molecule has 2 N–H and O–H groups in total. The van der Waals surface area contributed by atoms with Crippen LogP contribution in [-0.2, 0) is 17.9 Å². The van der Waals surface area contributed by atoms with Crippen LogP contribution < -0.4 is 15.4 Å². The second kappa shape index (κ2) is 10.0. The quantitative estimate of drug-likeness (QED) is 0.540. The number of carbonyl (C=O) groups excluding carboxylic acids is 2. The minimum atomic E-state index is -0.314. The predicted octanol–water partition coefficient (Wildman–Crippen LogP) is 5.23. The summed E-state index contributed by atoms with van der Waals surface area (Å²) in [7, 11) is 0. The fourth-order valence-corrected chi connectivity index (χ4v) is 3.74. The second-order valence-electron chi connectivity index (χ2n) is 7.96. The summed E-state index contributed by atoms with van der Waals surface area (Å²) >= 11 is 0. The number of benzene rings is 3. The van der Waals surface area contributed by atoms with Crippen molar-refractivity contribution in [3.63, 3.8) is 0 Å². The van der Waals surface area contributed by atoms with Crippen molar-refractivity contribution in [2.75, 3.05) is 11.9 Å². The second-order valence-corrected chi connectivity index (χ2v) is 7.96. The fraction of sp³-hybridized carbons (Fsp3) is 0.231. The number of para-hydroxylation sites is 2. The van der Waals surface area contributed by atoms with Crippen LogP contribution in [0.2, 0.25) is 0 Å². The van der Waals surface area contributed by atoms with Crippen LogP contribution in [0.15, 0.2) is 72.8 Å². The summed E-state index contributed by atoms with van der Waals surface area (Å²) in [5.74, 6) is 1.50. The number of hydrogen-bond donors (Lipinski definition) is 2. The lowest BCUT2D eigenvalue weighted by Gasteiger charge is -2.16. The van der Waals surface area contributed by atoms with E-state index >= 15 is 0 Å². The zero-order chi connectivity index (χ0) is 22.3. The van der Waals surface area contributed by atoms with Gasteiger partial charge in [-0.1, -0.05) is 48.5 Å². The predicted molar refractivity (Wildman–Crippen MR) is 125 cm³/mol. The zero-order valence-corrected chi connectivity index (χ0v) is 18.1. The van der Waals surface area contributed by atoms with Gasteiger partial charge in [0.05, 0.1) is 5.69 Å². The van der Waals surface area contributed by atoms with E-state index in [2.05, 4.69) is 10.6 Å². The Kier molecular flexibility index (Phi) is 6.70. The van der Waals surface area contributed by atoms with Crippen LogP contribution in [0.5, 0.6) is 11.5 Å². The van der Waals surface area contributed by atoms with Gasteiger partial charge in [0.1, 0.15) is 5.75 Å². The summed E-state index contributed by atoms with van der Waals surface area (Å²) < 4.78 is 5.97. The Morgan fingerprint density at radius 1 is 1.00 bits per heavy atom. The van der Waals surface area contributed by atoms with Gasteiger partial charge in [0.2, 0.25) is 5.91 Å². The van der Waals surface area contributed by atoms with E-state index in [1.807, 2.05) is 78.6 Å². The molecule has 1 aliphatic rings. The van der Waals surface area contributed by atoms with Crippen molar-refractivity contribution in [3.05, 3.63) is 89.5 Å². The molecule has 1 saturated heterocycles. The Morgan fingerprint density at radius 2 is 1.81 bits per heavy atom. The van der Waals surface area contributed by atoms with E-state index in [1.165, 1.54) is 0 Å². The molecule has 0 unspecified atom stereocenters. The molecule has 0 aliphatic carbocycles. The van der Waals surface area contributed by atoms with Gasteiger partial charge in [-0.05, 0) is 54.3 Å². The molecule has 1 heterocycles. The normalized spacial score (nSPS) is 13.2. The monoisotopic (exact) mass is 429 g/mol. The molecule has 0 bridgehead atoms. The minimum Gasteiger partial charge on any atom is -0.455 e. The van der Waals surface area contributed by atoms with Gasteiger partial charge in [-0.15, -0.1) is 0 Å². The first-order chi connectivity index (χ1) is 15.6. The largest absolute Gasteiger partial charge is 0.455 e. The van der Waals surface area contributed by atoms with Crippen LogP contribution >= 0.6 is 0 Å². The van der Waals surface area contributed by atoms with Crippen molar-refractivity contribution >= 4 is 17.6 Å². The number of anilines is 1. The van der Waals surface area contributed by atoms with E-state index in [0.717, 1.165) is 29.7 Å². The molecular formula is C26H27N3O3. The molecule has 32 heavy (non-hydrogen) atoms. The lowest BCUT2D eigenvalue weighted by atomic mass is 10.1. The van der Waals surface area contributed by atoms with Crippen molar-refractivity contribution in [1.29, 1.82) is 0 Å². The van der Waals surface area contributed by atoms with E-state index in [0.29, 0.717) is 36.7 Å². The lowest BCUT2D eigenvalue weighted by molar-refractivity contribution is -0.128. The van der Waals surface area contributed by atoms with E-state index in [-0.39, 0.29) is 11.9 Å². The highest BCUT2D eigenvalue weighted by molar-refractivity contribution is 5.91. The Labute approximate surface area is 188 Å². The van der Waals surface area contributed by atoms with Crippen molar-refractivity contribution in [1.82, 2.24) is 10.2 Å². The van der Waals surface area contributed by atoms with Gasteiger partial charge >= 0.3 is 6.03 Å². The topological polar surface area (TPSA) is 70.7 Å². The molecule has 1 fully saturated rings. The maximum atomic E-state index is 12.5. The van der Waals surface area contributed by atoms with Gasteiger partial charge in [0, 0.05) is 26.1 Å². The van der Waals surface area contributed by atoms with Crippen LogP contribution in [0.3, 0.4) is 0 Å². The van der Waals surface area contributed by atoms with Crippen LogP contribution in [-0.4, -0.2) is 23.4 Å². The molecule has 0 aromatic heterocycles. The number of nitrogens with zero attached hydrogens (tertiary/aromatic N) is 1. The Bertz CT molecular complexity index is 1110. The third kappa shape index (κ3) is 5.66. The van der Waals surface area contributed by atoms with Gasteiger partial charge in [-0.3, -0.25) is 4.79 Å². The summed E-state index contributed by atoms with van der Waals surface area (Å²) in [5, 5.41) is 5.76. The molecule has 3 aromatic rings. The van der Waals surface area contributed by atoms with Crippen molar-refractivity contribution in [2.45, 2.75) is 32.9 Å². The number of carbonyl (C=O) groups is 2. The van der Waals surface area contributed by atoms with Crippen LogP contribution in [0.1, 0.15) is 29.5 Å². The standard InChI is InChI=1S/C26H27N3O3/c1-19-7-4-10-22(15-19)32-24-12-3-2-11-23(24)28-26(31)27-17-20-8-5-9-21(16-20)18-29-14-6-13-25(29)30/h2-5,7-12,15-16H,6,13-14,17-18H2,1H3,(H2,27,28,31). The average molecular weight is 430 g/mol. The Balaban J connectivity index is 1.35. The average Bonchev–Trinajstić information content (AvgIpc) is 3.18. The van der Waals surface area contributed by atoms with E-state index in [1.54, 1.807) is 6.07 Å². The van der Waals surface area contributed by atoms with Gasteiger partial charge < -0.3 is 20.3 Å². The van der Waals surface area contributed by atoms with E-state index < -0.39 is 0 Å². The van der Waals surface area contributed by atoms with Crippen molar-refractivity contribution in [2.24, 2.45) is 0 Å². The maximum Gasteiger partial charge on any atom is 0.319 e. The van der Waals surface area contributed by atoms with Gasteiger partial charge in [-0.25, -0.2) is 4.79 Å². The molecule has 164 valence electrons. The summed E-state index contributed by atoms with van der Waals surface area (Å²) in [5.41, 5.74) is 3.74. The van der Waals surface area contributed by atoms with Gasteiger partial charge in [0.25, 0.3) is 0 Å². The smallest absolute Gasteiger partial charge is 0.319 e. The van der Waals surface area contributed by atoms with E-state index in [9.17, 15) is 9.59 Å². The lowest BCUT2D eigenvalue weighted by Crippen LogP contribution is -2.28. The van der Waals surface area contributed by atoms with E-state index in [4.69, 9.17) is 4.74 Å². The highest BCUT2D eigenvalue weighted by Crippen LogP contribution is 2.29. The number of ether oxygens (including phenoxy) is 1. The molecule has 0 atom stereocenters. The molecular weight excluding hydrogens is 402 g/mol. The fourth-order valence-electron chi connectivity index (χ4n) is 3.74. The van der Waals surface area contributed by atoms with Gasteiger partial charge in [0.15, 0.2) is 5.75 Å². The zero-order valence-electron chi connectivity index (χ0n) is 18.1. The Morgan fingerprint density at radius 3 is 2.62 bits per heavy atom. The highest BCUT2D eigenvalue weighted by atomic mass is 16.5. The summed E-state index contributed by atoms with van der Waals surface area (Å²) in [6.45, 7) is 3.81. The molecule has 4 rings (SSSR count). The van der Waals surface area contributed by atoms with Gasteiger partial charge in [-0.2, -0.15) is 0 Å². The first-order valence-electron chi connectivity index (χ1n) is 10.8. The van der Waals surface area contributed by atoms with Crippen LogP contribution in [0.25, 0.3) is 0 Å². The molecule has 1 aliphatic heterocycles. The van der Waals surface area contributed by atoms with Crippen LogP contribution in [0, 0.1) is 6.92 Å². The number of likely N-dealkylation sites (tertiary alicyclic amines) is 1. The van der Waals surface area contributed by atoms with Crippen molar-refractivity contribution < 1.29 is 14.3 Å². The SMILES string of the molecule is Cc1cccc(Oc2ccccc2NC(=O)NCc2cccc(CN3CCCC3=O)c2)c1. The number of hydrogen-bond acceptors (Lipinski definition) is 3. The third-order valence-corrected chi connectivity index (χ3v) is 5.34. The molecule has 0 spiro atoms. The number of urea groups is 1. The molecule has 0 radical (unpaired) electrons. The highest BCUT2D eigenvalue weighted by Gasteiger charge is 2.20. The molecule has 6 nitrogen and oxygen atoms in total. The van der Waals surface area contributed by atoms with Crippen molar-refractivity contribution in [3.8, 4) is 11.5 Å². The molecule has 0 saturated carbocycles. The third-order valence-electron chi connectivity index (χ3n) is 5.34.